The highest BCUT2D eigenvalue weighted by molar-refractivity contribution is 6.44. The Balaban J connectivity index is 2.07. The molecule has 126 valence electrons. The van der Waals surface area contributed by atoms with Gasteiger partial charge >= 0.3 is 0 Å². The Morgan fingerprint density at radius 2 is 1.79 bits per heavy atom. The molecule has 6 heteroatoms. The fraction of sp³-hybridized carbons (Fsp3) is 0.222. The van der Waals surface area contributed by atoms with Gasteiger partial charge in [0.25, 0.3) is 0 Å². The Morgan fingerprint density at radius 3 is 2.46 bits per heavy atom. The largest absolute Gasteiger partial charge is 0.326 e. The van der Waals surface area contributed by atoms with Gasteiger partial charge in [-0.2, -0.15) is 0 Å². The van der Waals surface area contributed by atoms with Crippen LogP contribution in [0.5, 0.6) is 0 Å². The van der Waals surface area contributed by atoms with Crippen LogP contribution in [0.15, 0.2) is 42.5 Å². The smallest absolute Gasteiger partial charge is 0.226 e. The number of rotatable bonds is 5. The number of amides is 2. The molecular weight excluding hydrogens is 347 g/mol. The molecule has 1 N–H and O–H groups in total. The van der Waals surface area contributed by atoms with Crippen LogP contribution in [0, 0.1) is 6.92 Å². The molecule has 2 rings (SSSR count). The van der Waals surface area contributed by atoms with Gasteiger partial charge < -0.3 is 10.2 Å². The molecule has 0 fully saturated rings. The lowest BCUT2D eigenvalue weighted by atomic mass is 10.2. The molecule has 0 heterocycles. The van der Waals surface area contributed by atoms with E-state index in [1.54, 1.807) is 18.2 Å². The summed E-state index contributed by atoms with van der Waals surface area (Å²) in [5.74, 6) is -0.378. The van der Waals surface area contributed by atoms with Crippen molar-refractivity contribution in [2.75, 3.05) is 16.8 Å². The van der Waals surface area contributed by atoms with Gasteiger partial charge in [0.15, 0.2) is 0 Å². The fourth-order valence-electron chi connectivity index (χ4n) is 2.29. The Labute approximate surface area is 151 Å². The summed E-state index contributed by atoms with van der Waals surface area (Å²) < 4.78 is 0. The van der Waals surface area contributed by atoms with Gasteiger partial charge in [0, 0.05) is 25.6 Å². The summed E-state index contributed by atoms with van der Waals surface area (Å²) >= 11 is 12.2. The van der Waals surface area contributed by atoms with Crippen molar-refractivity contribution in [2.24, 2.45) is 0 Å². The first-order valence-corrected chi connectivity index (χ1v) is 8.23. The second-order valence-corrected chi connectivity index (χ2v) is 6.14. The van der Waals surface area contributed by atoms with Crippen LogP contribution in [0.3, 0.4) is 0 Å². The maximum Gasteiger partial charge on any atom is 0.226 e. The van der Waals surface area contributed by atoms with Crippen molar-refractivity contribution in [3.05, 3.63) is 58.1 Å². The van der Waals surface area contributed by atoms with Gasteiger partial charge in [-0.05, 0) is 30.7 Å². The van der Waals surface area contributed by atoms with Crippen molar-refractivity contribution in [1.82, 2.24) is 0 Å². The molecule has 0 unspecified atom stereocenters. The molecule has 0 saturated carbocycles. The predicted octanol–water partition coefficient (Wildman–Crippen LogP) is 4.68. The van der Waals surface area contributed by atoms with Crippen molar-refractivity contribution >= 4 is 46.4 Å². The van der Waals surface area contributed by atoms with Crippen LogP contribution in [0.25, 0.3) is 0 Å². The van der Waals surface area contributed by atoms with Gasteiger partial charge in [-0.15, -0.1) is 0 Å². The number of aryl methyl sites for hydroxylation is 1. The third-order valence-corrected chi connectivity index (χ3v) is 4.39. The van der Waals surface area contributed by atoms with Crippen LogP contribution in [0.2, 0.25) is 10.0 Å². The number of hydrogen-bond donors (Lipinski definition) is 1. The van der Waals surface area contributed by atoms with Crippen LogP contribution in [0.4, 0.5) is 11.4 Å². The van der Waals surface area contributed by atoms with Crippen LogP contribution in [-0.4, -0.2) is 18.4 Å². The number of para-hydroxylation sites is 1. The summed E-state index contributed by atoms with van der Waals surface area (Å²) in [6.07, 6.45) is 0.150. The first-order valence-electron chi connectivity index (χ1n) is 7.47. The quantitative estimate of drug-likeness (QED) is 0.836. The van der Waals surface area contributed by atoms with E-state index in [1.165, 1.54) is 11.8 Å². The lowest BCUT2D eigenvalue weighted by molar-refractivity contribution is -0.117. The Morgan fingerprint density at radius 1 is 1.08 bits per heavy atom. The van der Waals surface area contributed by atoms with Crippen molar-refractivity contribution in [1.29, 1.82) is 0 Å². The van der Waals surface area contributed by atoms with Crippen molar-refractivity contribution in [2.45, 2.75) is 20.3 Å². The Bertz CT molecular complexity index is 762. The van der Waals surface area contributed by atoms with Crippen LogP contribution in [0.1, 0.15) is 18.9 Å². The van der Waals surface area contributed by atoms with Crippen LogP contribution < -0.4 is 10.2 Å². The van der Waals surface area contributed by atoms with Crippen molar-refractivity contribution < 1.29 is 9.59 Å². The molecule has 0 aromatic heterocycles. The highest BCUT2D eigenvalue weighted by Crippen LogP contribution is 2.32. The summed E-state index contributed by atoms with van der Waals surface area (Å²) in [4.78, 5) is 25.5. The van der Waals surface area contributed by atoms with E-state index in [-0.39, 0.29) is 24.8 Å². The van der Waals surface area contributed by atoms with E-state index < -0.39 is 0 Å². The van der Waals surface area contributed by atoms with Gasteiger partial charge in [0.1, 0.15) is 0 Å². The molecular formula is C18H18Cl2N2O2. The standard InChI is InChI=1S/C18H18Cl2N2O2/c1-12-6-3-4-8-15(12)21-17(24)10-11-22(13(2)23)16-9-5-7-14(19)18(16)20/h3-9H,10-11H2,1-2H3,(H,21,24). The number of nitrogens with one attached hydrogen (secondary N) is 1. The molecule has 2 amide bonds. The molecule has 0 aliphatic heterocycles. The summed E-state index contributed by atoms with van der Waals surface area (Å²) in [6, 6.07) is 12.6. The molecule has 24 heavy (non-hydrogen) atoms. The van der Waals surface area contributed by atoms with E-state index in [0.29, 0.717) is 15.7 Å². The Hall–Kier alpha value is -2.04. The van der Waals surface area contributed by atoms with Gasteiger partial charge in [-0.3, -0.25) is 9.59 Å². The predicted molar refractivity (Wildman–Crippen MR) is 98.9 cm³/mol. The number of hydrogen-bond acceptors (Lipinski definition) is 2. The van der Waals surface area contributed by atoms with E-state index in [4.69, 9.17) is 23.2 Å². The third kappa shape index (κ3) is 4.49. The van der Waals surface area contributed by atoms with E-state index in [9.17, 15) is 9.59 Å². The molecule has 0 aliphatic rings. The molecule has 0 bridgehead atoms. The molecule has 0 radical (unpaired) electrons. The summed E-state index contributed by atoms with van der Waals surface area (Å²) in [5.41, 5.74) is 2.24. The molecule has 2 aromatic carbocycles. The summed E-state index contributed by atoms with van der Waals surface area (Å²) in [6.45, 7) is 3.56. The molecule has 0 saturated heterocycles. The average molecular weight is 365 g/mol. The molecule has 2 aromatic rings. The Kier molecular flexibility index (Phi) is 6.23. The van der Waals surface area contributed by atoms with Crippen LogP contribution in [-0.2, 0) is 9.59 Å². The highest BCUT2D eigenvalue weighted by atomic mass is 35.5. The minimum Gasteiger partial charge on any atom is -0.326 e. The van der Waals surface area contributed by atoms with Gasteiger partial charge in [-0.25, -0.2) is 0 Å². The van der Waals surface area contributed by atoms with E-state index in [2.05, 4.69) is 5.32 Å². The SMILES string of the molecule is CC(=O)N(CCC(=O)Nc1ccccc1C)c1cccc(Cl)c1Cl. The first kappa shape index (κ1) is 18.3. The summed E-state index contributed by atoms with van der Waals surface area (Å²) in [7, 11) is 0. The maximum atomic E-state index is 12.2. The zero-order valence-electron chi connectivity index (χ0n) is 13.5. The molecule has 0 spiro atoms. The number of carbonyl (C=O) groups excluding carboxylic acids is 2. The topological polar surface area (TPSA) is 49.4 Å². The fourth-order valence-corrected chi connectivity index (χ4v) is 2.69. The number of nitrogens with zero attached hydrogens (tertiary/aromatic N) is 1. The number of benzene rings is 2. The monoisotopic (exact) mass is 364 g/mol. The lowest BCUT2D eigenvalue weighted by Crippen LogP contribution is -2.32. The molecule has 0 aliphatic carbocycles. The van der Waals surface area contributed by atoms with Gasteiger partial charge in [-0.1, -0.05) is 47.5 Å². The maximum absolute atomic E-state index is 12.2. The van der Waals surface area contributed by atoms with Crippen molar-refractivity contribution in [3.8, 4) is 0 Å². The number of anilines is 2. The minimum absolute atomic E-state index is 0.150. The second kappa shape index (κ2) is 8.18. The second-order valence-electron chi connectivity index (χ2n) is 5.36. The molecule has 0 atom stereocenters. The zero-order valence-corrected chi connectivity index (χ0v) is 15.0. The lowest BCUT2D eigenvalue weighted by Gasteiger charge is -2.22. The normalized spacial score (nSPS) is 10.3. The third-order valence-electron chi connectivity index (χ3n) is 3.58. The number of carbonyl (C=O) groups is 2. The number of halogens is 2. The minimum atomic E-state index is -0.206. The van der Waals surface area contributed by atoms with Gasteiger partial charge in [0.2, 0.25) is 11.8 Å². The zero-order chi connectivity index (χ0) is 17.7. The van der Waals surface area contributed by atoms with E-state index >= 15 is 0 Å². The van der Waals surface area contributed by atoms with Crippen molar-refractivity contribution in [3.63, 3.8) is 0 Å². The van der Waals surface area contributed by atoms with E-state index in [0.717, 1.165) is 11.3 Å². The first-order chi connectivity index (χ1) is 11.4. The highest BCUT2D eigenvalue weighted by Gasteiger charge is 2.17. The molecule has 4 nitrogen and oxygen atoms in total. The summed E-state index contributed by atoms with van der Waals surface area (Å²) in [5, 5.41) is 3.51. The van der Waals surface area contributed by atoms with Crippen LogP contribution >= 0.6 is 23.2 Å². The average Bonchev–Trinajstić information content (AvgIpc) is 2.53. The van der Waals surface area contributed by atoms with E-state index in [1.807, 2.05) is 31.2 Å². The van der Waals surface area contributed by atoms with Gasteiger partial charge in [0.05, 0.1) is 15.7 Å².